The summed E-state index contributed by atoms with van der Waals surface area (Å²) in [6.07, 6.45) is 15.2. The van der Waals surface area contributed by atoms with Gasteiger partial charge in [0.25, 0.3) is 0 Å². The van der Waals surface area contributed by atoms with Crippen molar-refractivity contribution in [1.82, 2.24) is 0 Å². The summed E-state index contributed by atoms with van der Waals surface area (Å²) in [5.41, 5.74) is 9.25. The third kappa shape index (κ3) is 6.24. The van der Waals surface area contributed by atoms with Gasteiger partial charge in [0, 0.05) is 34.4 Å². The Hall–Kier alpha value is -4.82. The van der Waals surface area contributed by atoms with E-state index in [1.165, 1.54) is 22.4 Å². The lowest BCUT2D eigenvalue weighted by atomic mass is 9.82. The molecule has 40 heavy (non-hydrogen) atoms. The van der Waals surface area contributed by atoms with E-state index in [9.17, 15) is 0 Å². The zero-order chi connectivity index (χ0) is 27.7. The van der Waals surface area contributed by atoms with E-state index in [4.69, 9.17) is 0 Å². The third-order valence-electron chi connectivity index (χ3n) is 7.21. The van der Waals surface area contributed by atoms with Crippen LogP contribution in [0.3, 0.4) is 0 Å². The molecule has 0 spiro atoms. The Bertz CT molecular complexity index is 1520. The first-order valence-corrected chi connectivity index (χ1v) is 13.9. The van der Waals surface area contributed by atoms with Gasteiger partial charge in [0.15, 0.2) is 0 Å². The summed E-state index contributed by atoms with van der Waals surface area (Å²) in [6, 6.07) is 38.3. The first-order valence-electron chi connectivity index (χ1n) is 13.9. The maximum Gasteiger partial charge on any atom is 0.0462 e. The number of hydrogen-bond donors (Lipinski definition) is 1. The number of rotatable bonds is 9. The summed E-state index contributed by atoms with van der Waals surface area (Å²) in [7, 11) is 0. The molecule has 1 aliphatic carbocycles. The Morgan fingerprint density at radius 2 is 1.32 bits per heavy atom. The van der Waals surface area contributed by atoms with Crippen molar-refractivity contribution in [3.8, 4) is 11.1 Å². The van der Waals surface area contributed by atoms with Crippen molar-refractivity contribution in [3.05, 3.63) is 170 Å². The van der Waals surface area contributed by atoms with Crippen LogP contribution in [0, 0.1) is 11.8 Å². The summed E-state index contributed by atoms with van der Waals surface area (Å²) in [5, 5.41) is 3.55. The summed E-state index contributed by atoms with van der Waals surface area (Å²) in [4.78, 5) is 2.33. The van der Waals surface area contributed by atoms with Crippen molar-refractivity contribution in [2.45, 2.75) is 13.8 Å². The normalized spacial score (nSPS) is 16.9. The predicted octanol–water partition coefficient (Wildman–Crippen LogP) is 10.6. The number of hydrogen-bond acceptors (Lipinski definition) is 2. The standard InChI is InChI=1S/C38H36N2/c1-4-12-32(13-5-2)38-27-26-37(28-29(38)3)40(35-16-10-7-11-17-35)36-24-22-34(23-25-36)39-33-20-18-31(19-21-33)30-14-8-6-9-15-30/h4-29,38-39H,1H2,2-3H3/b13-5-,32-12+/t29-,38?/m0/s1. The molecular formula is C38H36N2. The summed E-state index contributed by atoms with van der Waals surface area (Å²) >= 11 is 0. The predicted molar refractivity (Wildman–Crippen MR) is 173 cm³/mol. The Morgan fingerprint density at radius 1 is 0.750 bits per heavy atom. The highest BCUT2D eigenvalue weighted by atomic mass is 15.1. The van der Waals surface area contributed by atoms with Crippen molar-refractivity contribution in [3.63, 3.8) is 0 Å². The van der Waals surface area contributed by atoms with Gasteiger partial charge in [0.2, 0.25) is 0 Å². The smallest absolute Gasteiger partial charge is 0.0462 e. The molecule has 0 aromatic heterocycles. The van der Waals surface area contributed by atoms with E-state index >= 15 is 0 Å². The monoisotopic (exact) mass is 520 g/mol. The topological polar surface area (TPSA) is 15.3 Å². The molecule has 2 atom stereocenters. The average molecular weight is 521 g/mol. The van der Waals surface area contributed by atoms with Crippen LogP contribution in [0.2, 0.25) is 0 Å². The molecule has 4 aromatic carbocycles. The number of nitrogens with zero attached hydrogens (tertiary/aromatic N) is 1. The highest BCUT2D eigenvalue weighted by molar-refractivity contribution is 5.73. The first kappa shape index (κ1) is 26.8. The molecule has 0 amide bonds. The van der Waals surface area contributed by atoms with E-state index in [2.05, 4.69) is 170 Å². The molecule has 1 aliphatic rings. The molecule has 0 bridgehead atoms. The van der Waals surface area contributed by atoms with Gasteiger partial charge in [-0.2, -0.15) is 0 Å². The fourth-order valence-electron chi connectivity index (χ4n) is 5.24. The Kier molecular flexibility index (Phi) is 8.58. The number of benzene rings is 4. The molecule has 2 nitrogen and oxygen atoms in total. The van der Waals surface area contributed by atoms with E-state index in [0.717, 1.165) is 22.7 Å². The third-order valence-corrected chi connectivity index (χ3v) is 7.21. The molecular weight excluding hydrogens is 484 g/mol. The Morgan fingerprint density at radius 3 is 1.93 bits per heavy atom. The van der Waals surface area contributed by atoms with Crippen LogP contribution < -0.4 is 10.2 Å². The van der Waals surface area contributed by atoms with Gasteiger partial charge in [-0.3, -0.25) is 0 Å². The largest absolute Gasteiger partial charge is 0.356 e. The second kappa shape index (κ2) is 12.8. The molecule has 0 heterocycles. The fraction of sp³-hybridized carbons (Fsp3) is 0.105. The fourth-order valence-corrected chi connectivity index (χ4v) is 5.24. The minimum atomic E-state index is 0.315. The molecule has 2 heteroatoms. The molecule has 0 fully saturated rings. The molecule has 0 aliphatic heterocycles. The van der Waals surface area contributed by atoms with Gasteiger partial charge in [-0.05, 0) is 84.1 Å². The summed E-state index contributed by atoms with van der Waals surface area (Å²) in [5.74, 6) is 0.656. The van der Waals surface area contributed by atoms with E-state index in [-0.39, 0.29) is 0 Å². The van der Waals surface area contributed by atoms with Crippen molar-refractivity contribution in [2.75, 3.05) is 10.2 Å². The van der Waals surface area contributed by atoms with Gasteiger partial charge in [-0.1, -0.05) is 111 Å². The summed E-state index contributed by atoms with van der Waals surface area (Å²) in [6.45, 7) is 8.26. The van der Waals surface area contributed by atoms with E-state index in [0.29, 0.717) is 11.8 Å². The Balaban J connectivity index is 1.38. The van der Waals surface area contributed by atoms with Crippen molar-refractivity contribution >= 4 is 22.7 Å². The molecule has 198 valence electrons. The summed E-state index contributed by atoms with van der Waals surface area (Å²) < 4.78 is 0. The van der Waals surface area contributed by atoms with Gasteiger partial charge >= 0.3 is 0 Å². The SMILES string of the molecule is C=C/C=C(\C=C/C)C1C=CC(N(c2ccccc2)c2ccc(Nc3ccc(-c4ccccc4)cc3)cc2)=C[C@@H]1C. The maximum atomic E-state index is 3.91. The van der Waals surface area contributed by atoms with Crippen LogP contribution in [-0.4, -0.2) is 0 Å². The quantitative estimate of drug-likeness (QED) is 0.221. The van der Waals surface area contributed by atoms with Crippen molar-refractivity contribution in [1.29, 1.82) is 0 Å². The molecule has 4 aromatic rings. The van der Waals surface area contributed by atoms with Crippen molar-refractivity contribution < 1.29 is 0 Å². The van der Waals surface area contributed by atoms with Crippen LogP contribution >= 0.6 is 0 Å². The molecule has 5 rings (SSSR count). The van der Waals surface area contributed by atoms with E-state index < -0.39 is 0 Å². The molecule has 0 saturated carbocycles. The van der Waals surface area contributed by atoms with Crippen LogP contribution in [-0.2, 0) is 0 Å². The molecule has 1 unspecified atom stereocenters. The maximum absolute atomic E-state index is 3.91. The van der Waals surface area contributed by atoms with Gasteiger partial charge < -0.3 is 10.2 Å². The average Bonchev–Trinajstić information content (AvgIpc) is 3.00. The van der Waals surface area contributed by atoms with Crippen LogP contribution in [0.1, 0.15) is 13.8 Å². The zero-order valence-corrected chi connectivity index (χ0v) is 23.2. The highest BCUT2D eigenvalue weighted by Crippen LogP contribution is 2.37. The molecule has 0 radical (unpaired) electrons. The lowest BCUT2D eigenvalue weighted by molar-refractivity contribution is 0.580. The minimum absolute atomic E-state index is 0.315. The number of anilines is 4. The highest BCUT2D eigenvalue weighted by Gasteiger charge is 2.23. The van der Waals surface area contributed by atoms with Crippen LogP contribution in [0.4, 0.5) is 22.7 Å². The lowest BCUT2D eigenvalue weighted by Gasteiger charge is -2.31. The van der Waals surface area contributed by atoms with Crippen LogP contribution in [0.15, 0.2) is 170 Å². The number of para-hydroxylation sites is 1. The zero-order valence-electron chi connectivity index (χ0n) is 23.2. The minimum Gasteiger partial charge on any atom is -0.356 e. The van der Waals surface area contributed by atoms with E-state index in [1.807, 2.05) is 12.1 Å². The second-order valence-electron chi connectivity index (χ2n) is 10.0. The van der Waals surface area contributed by atoms with E-state index in [1.54, 1.807) is 0 Å². The lowest BCUT2D eigenvalue weighted by Crippen LogP contribution is -2.21. The first-order chi connectivity index (χ1) is 19.7. The second-order valence-corrected chi connectivity index (χ2v) is 10.0. The van der Waals surface area contributed by atoms with Crippen molar-refractivity contribution in [2.24, 2.45) is 11.8 Å². The molecule has 0 saturated heterocycles. The van der Waals surface area contributed by atoms with Gasteiger partial charge in [0.05, 0.1) is 0 Å². The molecule has 1 N–H and O–H groups in total. The van der Waals surface area contributed by atoms with Crippen LogP contribution in [0.5, 0.6) is 0 Å². The van der Waals surface area contributed by atoms with Gasteiger partial charge in [0.1, 0.15) is 0 Å². The van der Waals surface area contributed by atoms with Gasteiger partial charge in [-0.25, -0.2) is 0 Å². The Labute approximate surface area is 239 Å². The van der Waals surface area contributed by atoms with Crippen LogP contribution in [0.25, 0.3) is 11.1 Å². The van der Waals surface area contributed by atoms with Gasteiger partial charge in [-0.15, -0.1) is 0 Å². The number of nitrogens with one attached hydrogen (secondary N) is 1. The number of allylic oxidation sites excluding steroid dienone is 8.